The molecule has 122 valence electrons. The van der Waals surface area contributed by atoms with E-state index in [1.54, 1.807) is 12.1 Å². The predicted octanol–water partition coefficient (Wildman–Crippen LogP) is 3.27. The lowest BCUT2D eigenvalue weighted by Crippen LogP contribution is -2.48. The van der Waals surface area contributed by atoms with Crippen LogP contribution in [0.1, 0.15) is 13.8 Å². The van der Waals surface area contributed by atoms with Crippen LogP contribution in [0.5, 0.6) is 0 Å². The van der Waals surface area contributed by atoms with Crippen molar-refractivity contribution in [1.82, 2.24) is 9.21 Å². The molecule has 0 aliphatic carbocycles. The van der Waals surface area contributed by atoms with Crippen molar-refractivity contribution in [2.24, 2.45) is 0 Å². The molecule has 0 aromatic heterocycles. The average Bonchev–Trinajstić information content (AvgIpc) is 2.48. The van der Waals surface area contributed by atoms with Gasteiger partial charge >= 0.3 is 0 Å². The monoisotopic (exact) mass is 362 g/mol. The molecule has 0 bridgehead atoms. The summed E-state index contributed by atoms with van der Waals surface area (Å²) in [6.45, 7) is 7.31. The molecule has 0 spiro atoms. The van der Waals surface area contributed by atoms with E-state index in [2.05, 4.69) is 24.8 Å². The first kappa shape index (κ1) is 17.8. The highest BCUT2D eigenvalue weighted by Crippen LogP contribution is 2.31. The molecular formula is C15H20Cl2N2O2S. The van der Waals surface area contributed by atoms with Gasteiger partial charge in [0.1, 0.15) is 4.90 Å². The first-order chi connectivity index (χ1) is 10.3. The van der Waals surface area contributed by atoms with Crippen molar-refractivity contribution in [3.05, 3.63) is 39.9 Å². The summed E-state index contributed by atoms with van der Waals surface area (Å²) < 4.78 is 26.8. The summed E-state index contributed by atoms with van der Waals surface area (Å²) in [4.78, 5) is 2.32. The first-order valence-electron chi connectivity index (χ1n) is 7.12. The summed E-state index contributed by atoms with van der Waals surface area (Å²) in [6, 6.07) is 4.69. The number of hydrogen-bond acceptors (Lipinski definition) is 3. The molecule has 0 unspecified atom stereocenters. The molecule has 0 amide bonds. The maximum absolute atomic E-state index is 12.7. The number of benzene rings is 1. The smallest absolute Gasteiger partial charge is 0.244 e. The number of allylic oxidation sites excluding steroid dienone is 1. The average molecular weight is 363 g/mol. The van der Waals surface area contributed by atoms with E-state index in [9.17, 15) is 8.42 Å². The molecule has 1 saturated heterocycles. The van der Waals surface area contributed by atoms with Gasteiger partial charge in [-0.1, -0.05) is 40.9 Å². The van der Waals surface area contributed by atoms with Crippen LogP contribution in [-0.2, 0) is 10.0 Å². The Bertz CT molecular complexity index is 662. The number of piperazine rings is 1. The van der Waals surface area contributed by atoms with E-state index in [0.29, 0.717) is 26.2 Å². The molecule has 1 aliphatic rings. The van der Waals surface area contributed by atoms with Gasteiger partial charge in [-0.05, 0) is 26.0 Å². The lowest BCUT2D eigenvalue weighted by atomic mass is 10.3. The van der Waals surface area contributed by atoms with Crippen LogP contribution >= 0.6 is 23.2 Å². The third-order valence-electron chi connectivity index (χ3n) is 3.62. The van der Waals surface area contributed by atoms with E-state index in [0.717, 1.165) is 6.54 Å². The standard InChI is InChI=1S/C15H20Cl2N2O2S/c1-12(2)6-7-18-8-10-19(11-9-18)22(20,21)14-5-3-4-13(16)15(14)17/h3-6H,7-11H2,1-2H3. The fourth-order valence-electron chi connectivity index (χ4n) is 2.29. The number of hydrogen-bond donors (Lipinski definition) is 0. The maximum atomic E-state index is 12.7. The van der Waals surface area contributed by atoms with Crippen LogP contribution in [0.4, 0.5) is 0 Å². The number of nitrogens with zero attached hydrogens (tertiary/aromatic N) is 2. The molecule has 1 aromatic rings. The topological polar surface area (TPSA) is 40.6 Å². The second-order valence-electron chi connectivity index (χ2n) is 5.54. The van der Waals surface area contributed by atoms with Crippen molar-refractivity contribution < 1.29 is 8.42 Å². The van der Waals surface area contributed by atoms with Gasteiger partial charge in [-0.3, -0.25) is 4.90 Å². The Labute approximate surface area is 142 Å². The lowest BCUT2D eigenvalue weighted by Gasteiger charge is -2.33. The van der Waals surface area contributed by atoms with E-state index in [1.807, 2.05) is 0 Å². The molecule has 1 heterocycles. The molecule has 0 radical (unpaired) electrons. The lowest BCUT2D eigenvalue weighted by molar-refractivity contribution is 0.204. The van der Waals surface area contributed by atoms with Crippen LogP contribution in [0.3, 0.4) is 0 Å². The zero-order valence-electron chi connectivity index (χ0n) is 12.7. The minimum absolute atomic E-state index is 0.0828. The van der Waals surface area contributed by atoms with Gasteiger partial charge in [0.15, 0.2) is 0 Å². The molecule has 0 saturated carbocycles. The number of rotatable bonds is 4. The molecule has 4 nitrogen and oxygen atoms in total. The molecular weight excluding hydrogens is 343 g/mol. The molecule has 1 fully saturated rings. The van der Waals surface area contributed by atoms with Crippen molar-refractivity contribution in [3.8, 4) is 0 Å². The largest absolute Gasteiger partial charge is 0.297 e. The van der Waals surface area contributed by atoms with E-state index in [1.165, 1.54) is 15.9 Å². The van der Waals surface area contributed by atoms with Crippen LogP contribution in [0.15, 0.2) is 34.7 Å². The van der Waals surface area contributed by atoms with Gasteiger partial charge in [0.05, 0.1) is 10.0 Å². The van der Waals surface area contributed by atoms with Crippen LogP contribution in [0.25, 0.3) is 0 Å². The highest BCUT2D eigenvalue weighted by Gasteiger charge is 2.30. The Balaban J connectivity index is 2.10. The second-order valence-corrected chi connectivity index (χ2v) is 8.23. The van der Waals surface area contributed by atoms with Gasteiger partial charge in [-0.15, -0.1) is 0 Å². The molecule has 1 aromatic carbocycles. The second kappa shape index (κ2) is 7.32. The summed E-state index contributed by atoms with van der Waals surface area (Å²) in [5.74, 6) is 0. The summed E-state index contributed by atoms with van der Waals surface area (Å²) in [7, 11) is -3.60. The Kier molecular flexibility index (Phi) is 5.91. The fourth-order valence-corrected chi connectivity index (χ4v) is 4.44. The number of halogens is 2. The maximum Gasteiger partial charge on any atom is 0.244 e. The summed E-state index contributed by atoms with van der Waals surface area (Å²) in [5, 5.41) is 0.348. The fraction of sp³-hybridized carbons (Fsp3) is 0.467. The molecule has 7 heteroatoms. The Morgan fingerprint density at radius 2 is 1.82 bits per heavy atom. The van der Waals surface area contributed by atoms with E-state index in [4.69, 9.17) is 23.2 Å². The molecule has 1 aliphatic heterocycles. The van der Waals surface area contributed by atoms with Gasteiger partial charge < -0.3 is 0 Å². The Morgan fingerprint density at radius 1 is 1.18 bits per heavy atom. The quantitative estimate of drug-likeness (QED) is 0.771. The van der Waals surface area contributed by atoms with Crippen LogP contribution in [0.2, 0.25) is 10.0 Å². The molecule has 0 atom stereocenters. The summed E-state index contributed by atoms with van der Waals surface area (Å²) in [6.07, 6.45) is 2.15. The zero-order valence-corrected chi connectivity index (χ0v) is 15.0. The third-order valence-corrected chi connectivity index (χ3v) is 6.49. The van der Waals surface area contributed by atoms with E-state index in [-0.39, 0.29) is 14.9 Å². The molecule has 2 rings (SSSR count). The normalized spacial score (nSPS) is 17.5. The highest BCUT2D eigenvalue weighted by molar-refractivity contribution is 7.89. The molecule has 0 N–H and O–H groups in total. The minimum Gasteiger partial charge on any atom is -0.297 e. The minimum atomic E-state index is -3.60. The van der Waals surface area contributed by atoms with Crippen molar-refractivity contribution in [3.63, 3.8) is 0 Å². The Morgan fingerprint density at radius 3 is 2.41 bits per heavy atom. The van der Waals surface area contributed by atoms with Crippen molar-refractivity contribution >= 4 is 33.2 Å². The van der Waals surface area contributed by atoms with Gasteiger partial charge in [0, 0.05) is 32.7 Å². The Hall–Kier alpha value is -0.590. The third kappa shape index (κ3) is 4.03. The van der Waals surface area contributed by atoms with Crippen LogP contribution < -0.4 is 0 Å². The SMILES string of the molecule is CC(C)=CCN1CCN(S(=O)(=O)c2cccc(Cl)c2Cl)CC1. The van der Waals surface area contributed by atoms with Gasteiger partial charge in [-0.25, -0.2) is 8.42 Å². The summed E-state index contributed by atoms with van der Waals surface area (Å²) >= 11 is 12.0. The van der Waals surface area contributed by atoms with E-state index >= 15 is 0 Å². The van der Waals surface area contributed by atoms with Crippen molar-refractivity contribution in [1.29, 1.82) is 0 Å². The molecule has 22 heavy (non-hydrogen) atoms. The van der Waals surface area contributed by atoms with Crippen molar-refractivity contribution in [2.45, 2.75) is 18.7 Å². The highest BCUT2D eigenvalue weighted by atomic mass is 35.5. The van der Waals surface area contributed by atoms with Crippen LogP contribution in [-0.4, -0.2) is 50.3 Å². The van der Waals surface area contributed by atoms with Gasteiger partial charge in [0.2, 0.25) is 10.0 Å². The van der Waals surface area contributed by atoms with Crippen molar-refractivity contribution in [2.75, 3.05) is 32.7 Å². The van der Waals surface area contributed by atoms with Crippen LogP contribution in [0, 0.1) is 0 Å². The zero-order chi connectivity index (χ0) is 16.3. The van der Waals surface area contributed by atoms with Gasteiger partial charge in [-0.2, -0.15) is 4.31 Å². The summed E-state index contributed by atoms with van der Waals surface area (Å²) in [5.41, 5.74) is 1.26. The predicted molar refractivity (Wildman–Crippen MR) is 91.1 cm³/mol. The van der Waals surface area contributed by atoms with E-state index < -0.39 is 10.0 Å². The number of sulfonamides is 1. The van der Waals surface area contributed by atoms with Gasteiger partial charge in [0.25, 0.3) is 0 Å². The first-order valence-corrected chi connectivity index (χ1v) is 9.32.